The van der Waals surface area contributed by atoms with Gasteiger partial charge >= 0.3 is 5.63 Å². The van der Waals surface area contributed by atoms with E-state index in [1.54, 1.807) is 6.07 Å². The Kier molecular flexibility index (Phi) is 4.67. The second kappa shape index (κ2) is 7.34. The molecule has 1 aromatic heterocycles. The van der Waals surface area contributed by atoms with E-state index in [1.807, 2.05) is 0 Å². The summed E-state index contributed by atoms with van der Waals surface area (Å²) in [4.78, 5) is 17.1. The lowest BCUT2D eigenvalue weighted by molar-refractivity contribution is 0.250. The topological polar surface area (TPSA) is 36.7 Å². The van der Waals surface area contributed by atoms with Crippen LogP contribution in [-0.2, 0) is 19.4 Å². The van der Waals surface area contributed by atoms with Gasteiger partial charge in [0.25, 0.3) is 0 Å². The first kappa shape index (κ1) is 18.4. The molecule has 0 saturated carbocycles. The second-order valence-electron chi connectivity index (χ2n) is 8.54. The maximum Gasteiger partial charge on any atom is 0.336 e. The highest BCUT2D eigenvalue weighted by Gasteiger charge is 2.21. The Labute approximate surface area is 171 Å². The summed E-state index contributed by atoms with van der Waals surface area (Å²) in [7, 11) is 0. The molecule has 3 aromatic rings. The molecule has 0 unspecified atom stereocenters. The molecule has 1 aliphatic carbocycles. The van der Waals surface area contributed by atoms with Crippen LogP contribution in [0.15, 0.2) is 45.6 Å². The molecule has 2 heterocycles. The lowest BCUT2D eigenvalue weighted by atomic mass is 10.0. The smallest absolute Gasteiger partial charge is 0.336 e. The van der Waals surface area contributed by atoms with Gasteiger partial charge in [0.05, 0.1) is 0 Å². The Balaban J connectivity index is 1.36. The molecule has 4 nitrogen and oxygen atoms in total. The molecule has 29 heavy (non-hydrogen) atoms. The maximum atomic E-state index is 12.2. The van der Waals surface area contributed by atoms with Crippen molar-refractivity contribution in [1.82, 2.24) is 4.90 Å². The van der Waals surface area contributed by atoms with E-state index in [0.29, 0.717) is 0 Å². The zero-order valence-electron chi connectivity index (χ0n) is 17.3. The number of fused-ring (bicyclic) bond motifs is 2. The number of hydrogen-bond donors (Lipinski definition) is 0. The molecule has 0 N–H and O–H groups in total. The zero-order valence-corrected chi connectivity index (χ0v) is 17.3. The highest BCUT2D eigenvalue weighted by molar-refractivity contribution is 5.82. The first-order valence-electron chi connectivity index (χ1n) is 10.7. The van der Waals surface area contributed by atoms with Gasteiger partial charge in [-0.25, -0.2) is 4.79 Å². The SMILES string of the molecule is Cc1cccc(N2CCN(Cc3cc(=O)oc4cc5c(cc34)CCC5)CC2)c1C. The molecule has 1 fully saturated rings. The average molecular weight is 389 g/mol. The number of aryl methyl sites for hydroxylation is 3. The highest BCUT2D eigenvalue weighted by Crippen LogP contribution is 2.29. The number of rotatable bonds is 3. The Hall–Kier alpha value is -2.59. The van der Waals surface area contributed by atoms with Gasteiger partial charge in [-0.3, -0.25) is 4.90 Å². The summed E-state index contributed by atoms with van der Waals surface area (Å²) in [5, 5.41) is 1.11. The fourth-order valence-corrected chi connectivity index (χ4v) is 4.89. The van der Waals surface area contributed by atoms with Crippen molar-refractivity contribution in [3.63, 3.8) is 0 Å². The zero-order chi connectivity index (χ0) is 20.0. The summed E-state index contributed by atoms with van der Waals surface area (Å²) in [5.74, 6) is 0. The Morgan fingerprint density at radius 1 is 0.966 bits per heavy atom. The van der Waals surface area contributed by atoms with Crippen LogP contribution in [0.5, 0.6) is 0 Å². The molecule has 0 bridgehead atoms. The van der Waals surface area contributed by atoms with Crippen molar-refractivity contribution in [2.75, 3.05) is 31.1 Å². The number of anilines is 1. The van der Waals surface area contributed by atoms with Crippen molar-refractivity contribution in [2.24, 2.45) is 0 Å². The van der Waals surface area contributed by atoms with Gasteiger partial charge < -0.3 is 9.32 Å². The van der Waals surface area contributed by atoms with Crippen LogP contribution in [0.25, 0.3) is 11.0 Å². The van der Waals surface area contributed by atoms with E-state index in [4.69, 9.17) is 4.42 Å². The molecule has 4 heteroatoms. The standard InChI is InChI=1S/C25H28N2O2/c1-17-5-3-8-23(18(17)2)27-11-9-26(10-12-27)16-21-15-25(28)29-24-14-20-7-4-6-19(20)13-22(21)24/h3,5,8,13-15H,4,6-7,9-12,16H2,1-2H3. The number of hydrogen-bond acceptors (Lipinski definition) is 4. The molecule has 1 saturated heterocycles. The molecule has 0 radical (unpaired) electrons. The summed E-state index contributed by atoms with van der Waals surface area (Å²) in [6, 6.07) is 12.6. The fraction of sp³-hybridized carbons (Fsp3) is 0.400. The van der Waals surface area contributed by atoms with Crippen LogP contribution >= 0.6 is 0 Å². The highest BCUT2D eigenvalue weighted by atomic mass is 16.4. The quantitative estimate of drug-likeness (QED) is 0.630. The van der Waals surface area contributed by atoms with Crippen LogP contribution in [0, 0.1) is 13.8 Å². The largest absolute Gasteiger partial charge is 0.423 e. The van der Waals surface area contributed by atoms with Gasteiger partial charge in [0.1, 0.15) is 5.58 Å². The summed E-state index contributed by atoms with van der Waals surface area (Å²) < 4.78 is 5.53. The lowest BCUT2D eigenvalue weighted by Gasteiger charge is -2.37. The molecule has 1 aliphatic heterocycles. The summed E-state index contributed by atoms with van der Waals surface area (Å²) in [6.45, 7) is 9.22. The Morgan fingerprint density at radius 3 is 2.52 bits per heavy atom. The van der Waals surface area contributed by atoms with Crippen LogP contribution < -0.4 is 10.5 Å². The van der Waals surface area contributed by atoms with Crippen molar-refractivity contribution in [2.45, 2.75) is 39.7 Å². The molecular weight excluding hydrogens is 360 g/mol. The third kappa shape index (κ3) is 3.46. The van der Waals surface area contributed by atoms with Crippen LogP contribution in [0.2, 0.25) is 0 Å². The maximum absolute atomic E-state index is 12.2. The van der Waals surface area contributed by atoms with Gasteiger partial charge in [0.15, 0.2) is 0 Å². The van der Waals surface area contributed by atoms with Gasteiger partial charge in [-0.05, 0) is 79.1 Å². The van der Waals surface area contributed by atoms with Gasteiger partial charge in [-0.2, -0.15) is 0 Å². The van der Waals surface area contributed by atoms with Crippen molar-refractivity contribution < 1.29 is 4.42 Å². The van der Waals surface area contributed by atoms with E-state index in [-0.39, 0.29) is 5.63 Å². The minimum atomic E-state index is -0.237. The first-order chi connectivity index (χ1) is 14.1. The summed E-state index contributed by atoms with van der Waals surface area (Å²) >= 11 is 0. The van der Waals surface area contributed by atoms with E-state index in [2.05, 4.69) is 54.0 Å². The van der Waals surface area contributed by atoms with Crippen LogP contribution in [0.4, 0.5) is 5.69 Å². The number of piperazine rings is 1. The molecular formula is C25H28N2O2. The van der Waals surface area contributed by atoms with E-state index in [1.165, 1.54) is 34.4 Å². The number of nitrogens with zero attached hydrogens (tertiary/aromatic N) is 2. The van der Waals surface area contributed by atoms with Crippen molar-refractivity contribution >= 4 is 16.7 Å². The van der Waals surface area contributed by atoms with Crippen LogP contribution in [-0.4, -0.2) is 31.1 Å². The van der Waals surface area contributed by atoms with Gasteiger partial charge in [-0.1, -0.05) is 12.1 Å². The van der Waals surface area contributed by atoms with E-state index in [9.17, 15) is 4.79 Å². The normalized spacial score (nSPS) is 17.1. The minimum absolute atomic E-state index is 0.237. The first-order valence-corrected chi connectivity index (χ1v) is 10.7. The fourth-order valence-electron chi connectivity index (χ4n) is 4.89. The molecule has 0 amide bonds. The summed E-state index contributed by atoms with van der Waals surface area (Å²) in [5.41, 5.74) is 8.47. The second-order valence-corrected chi connectivity index (χ2v) is 8.54. The Bertz CT molecular complexity index is 1120. The number of benzene rings is 2. The third-order valence-electron chi connectivity index (χ3n) is 6.73. The molecule has 2 aromatic carbocycles. The predicted octanol–water partition coefficient (Wildman–Crippen LogP) is 4.22. The van der Waals surface area contributed by atoms with Crippen molar-refractivity contribution in [1.29, 1.82) is 0 Å². The predicted molar refractivity (Wildman–Crippen MR) is 118 cm³/mol. The Morgan fingerprint density at radius 2 is 1.72 bits per heavy atom. The molecule has 150 valence electrons. The monoisotopic (exact) mass is 388 g/mol. The minimum Gasteiger partial charge on any atom is -0.423 e. The molecule has 5 rings (SSSR count). The van der Waals surface area contributed by atoms with E-state index in [0.717, 1.165) is 62.1 Å². The van der Waals surface area contributed by atoms with Gasteiger partial charge in [0, 0.05) is 49.9 Å². The molecule has 2 aliphatic rings. The molecule has 0 spiro atoms. The van der Waals surface area contributed by atoms with Gasteiger partial charge in [-0.15, -0.1) is 0 Å². The van der Waals surface area contributed by atoms with Crippen LogP contribution in [0.1, 0.15) is 34.2 Å². The van der Waals surface area contributed by atoms with E-state index < -0.39 is 0 Å². The van der Waals surface area contributed by atoms with Crippen molar-refractivity contribution in [3.05, 3.63) is 74.6 Å². The van der Waals surface area contributed by atoms with Crippen molar-refractivity contribution in [3.8, 4) is 0 Å². The third-order valence-corrected chi connectivity index (χ3v) is 6.73. The molecule has 0 atom stereocenters. The summed E-state index contributed by atoms with van der Waals surface area (Å²) in [6.07, 6.45) is 3.43. The average Bonchev–Trinajstić information content (AvgIpc) is 3.17. The lowest BCUT2D eigenvalue weighted by Crippen LogP contribution is -2.46. The van der Waals surface area contributed by atoms with Gasteiger partial charge in [0.2, 0.25) is 0 Å². The van der Waals surface area contributed by atoms with E-state index >= 15 is 0 Å². The van der Waals surface area contributed by atoms with Crippen LogP contribution in [0.3, 0.4) is 0 Å².